The molecule has 86 valence electrons. The Balaban J connectivity index is 2.08. The summed E-state index contributed by atoms with van der Waals surface area (Å²) in [6.45, 7) is 1.41. The number of carbonyl (C=O) groups is 1. The van der Waals surface area contributed by atoms with Gasteiger partial charge in [0.15, 0.2) is 11.6 Å². The Hall–Kier alpha value is -1.29. The van der Waals surface area contributed by atoms with E-state index in [1.54, 1.807) is 6.07 Å². The van der Waals surface area contributed by atoms with Crippen LogP contribution in [-0.2, 0) is 11.3 Å². The van der Waals surface area contributed by atoms with Crippen LogP contribution in [0.25, 0.3) is 0 Å². The second kappa shape index (κ2) is 4.70. The largest absolute Gasteiger partial charge is 0.298 e. The van der Waals surface area contributed by atoms with Crippen LogP contribution < -0.4 is 0 Å². The molecule has 0 aliphatic carbocycles. The minimum absolute atomic E-state index is 0.170. The minimum atomic E-state index is -0.833. The molecule has 0 bridgehead atoms. The molecule has 1 heterocycles. The maximum absolute atomic E-state index is 13.4. The summed E-state index contributed by atoms with van der Waals surface area (Å²) in [5.41, 5.74) is 0.315. The first kappa shape index (κ1) is 11.2. The first-order chi connectivity index (χ1) is 7.66. The van der Waals surface area contributed by atoms with Gasteiger partial charge in [0.1, 0.15) is 5.78 Å². The highest BCUT2D eigenvalue weighted by molar-refractivity contribution is 5.81. The van der Waals surface area contributed by atoms with Crippen LogP contribution >= 0.6 is 0 Å². The van der Waals surface area contributed by atoms with Crippen molar-refractivity contribution in [3.63, 3.8) is 0 Å². The predicted octanol–water partition coefficient (Wildman–Crippen LogP) is 2.13. The fourth-order valence-electron chi connectivity index (χ4n) is 1.95. The molecule has 16 heavy (non-hydrogen) atoms. The van der Waals surface area contributed by atoms with Crippen molar-refractivity contribution in [3.05, 3.63) is 35.4 Å². The Bertz CT molecular complexity index is 406. The molecular formula is C12H13F2NO. The van der Waals surface area contributed by atoms with E-state index < -0.39 is 11.6 Å². The summed E-state index contributed by atoms with van der Waals surface area (Å²) in [4.78, 5) is 13.1. The van der Waals surface area contributed by atoms with E-state index in [9.17, 15) is 13.6 Å². The Kier molecular flexibility index (Phi) is 3.29. The second-order valence-electron chi connectivity index (χ2n) is 4.07. The van der Waals surface area contributed by atoms with Crippen molar-refractivity contribution in [2.24, 2.45) is 0 Å². The Morgan fingerprint density at radius 2 is 2.12 bits per heavy atom. The van der Waals surface area contributed by atoms with E-state index in [4.69, 9.17) is 0 Å². The molecule has 0 amide bonds. The lowest BCUT2D eigenvalue weighted by atomic mass is 10.1. The van der Waals surface area contributed by atoms with Gasteiger partial charge in [-0.15, -0.1) is 0 Å². The molecular weight excluding hydrogens is 212 g/mol. The summed E-state index contributed by atoms with van der Waals surface area (Å²) < 4.78 is 26.3. The van der Waals surface area contributed by atoms with Gasteiger partial charge >= 0.3 is 0 Å². The molecule has 0 radical (unpaired) electrons. The fraction of sp³-hybridized carbons (Fsp3) is 0.417. The first-order valence-electron chi connectivity index (χ1n) is 5.34. The van der Waals surface area contributed by atoms with Gasteiger partial charge < -0.3 is 0 Å². The highest BCUT2D eigenvalue weighted by Gasteiger charge is 2.18. The summed E-state index contributed by atoms with van der Waals surface area (Å²) in [5, 5.41) is 0. The number of hydrogen-bond donors (Lipinski definition) is 0. The molecule has 1 aliphatic heterocycles. The zero-order valence-electron chi connectivity index (χ0n) is 8.88. The molecule has 0 aromatic heterocycles. The number of hydrogen-bond acceptors (Lipinski definition) is 2. The number of nitrogens with zero attached hydrogens (tertiary/aromatic N) is 1. The van der Waals surface area contributed by atoms with Crippen molar-refractivity contribution in [1.82, 2.24) is 4.90 Å². The van der Waals surface area contributed by atoms with E-state index in [0.717, 1.165) is 19.0 Å². The molecule has 1 saturated heterocycles. The standard InChI is InChI=1S/C12H13F2NO/c13-11-5-1-3-9(12(11)14)7-15-6-2-4-10(16)8-15/h1,3,5H,2,4,6-8H2. The smallest absolute Gasteiger partial charge is 0.163 e. The third-order valence-electron chi connectivity index (χ3n) is 2.76. The van der Waals surface area contributed by atoms with Crippen LogP contribution in [0.15, 0.2) is 18.2 Å². The van der Waals surface area contributed by atoms with E-state index in [-0.39, 0.29) is 5.78 Å². The van der Waals surface area contributed by atoms with Crippen molar-refractivity contribution in [2.45, 2.75) is 19.4 Å². The number of Topliss-reactive ketones (excluding diaryl/α,β-unsaturated/α-hetero) is 1. The number of carbonyl (C=O) groups excluding carboxylic acids is 1. The van der Waals surface area contributed by atoms with Crippen LogP contribution in [0.4, 0.5) is 8.78 Å². The molecule has 2 rings (SSSR count). The maximum Gasteiger partial charge on any atom is 0.163 e. The number of ketones is 1. The van der Waals surface area contributed by atoms with Crippen LogP contribution in [0.3, 0.4) is 0 Å². The number of rotatable bonds is 2. The molecule has 1 aromatic carbocycles. The topological polar surface area (TPSA) is 20.3 Å². The third-order valence-corrected chi connectivity index (χ3v) is 2.76. The van der Waals surface area contributed by atoms with Gasteiger partial charge in [0.25, 0.3) is 0 Å². The van der Waals surface area contributed by atoms with Crippen LogP contribution in [0.1, 0.15) is 18.4 Å². The molecule has 0 unspecified atom stereocenters. The lowest BCUT2D eigenvalue weighted by Gasteiger charge is -2.25. The molecule has 0 spiro atoms. The van der Waals surface area contributed by atoms with Crippen molar-refractivity contribution in [3.8, 4) is 0 Å². The van der Waals surface area contributed by atoms with Crippen molar-refractivity contribution >= 4 is 5.78 Å². The van der Waals surface area contributed by atoms with Crippen LogP contribution in [-0.4, -0.2) is 23.8 Å². The van der Waals surface area contributed by atoms with Crippen molar-refractivity contribution in [1.29, 1.82) is 0 Å². The summed E-state index contributed by atoms with van der Waals surface area (Å²) in [6, 6.07) is 4.14. The van der Waals surface area contributed by atoms with E-state index in [2.05, 4.69) is 0 Å². The Morgan fingerprint density at radius 3 is 2.88 bits per heavy atom. The van der Waals surface area contributed by atoms with Crippen molar-refractivity contribution in [2.75, 3.05) is 13.1 Å². The van der Waals surface area contributed by atoms with Gasteiger partial charge in [-0.2, -0.15) is 0 Å². The normalized spacial score (nSPS) is 17.8. The molecule has 2 nitrogen and oxygen atoms in total. The molecule has 1 aromatic rings. The average molecular weight is 225 g/mol. The molecule has 4 heteroatoms. The number of benzene rings is 1. The molecule has 0 N–H and O–H groups in total. The van der Waals surface area contributed by atoms with Gasteiger partial charge in [-0.3, -0.25) is 9.69 Å². The van der Waals surface area contributed by atoms with E-state index in [1.165, 1.54) is 6.07 Å². The quantitative estimate of drug-likeness (QED) is 0.768. The van der Waals surface area contributed by atoms with Gasteiger partial charge in [0, 0.05) is 18.5 Å². The lowest BCUT2D eigenvalue weighted by Crippen LogP contribution is -2.35. The van der Waals surface area contributed by atoms with Gasteiger partial charge in [0.2, 0.25) is 0 Å². The van der Waals surface area contributed by atoms with Gasteiger partial charge in [-0.25, -0.2) is 8.78 Å². The SMILES string of the molecule is O=C1CCCN(Cc2cccc(F)c2F)C1. The van der Waals surface area contributed by atoms with E-state index >= 15 is 0 Å². The van der Waals surface area contributed by atoms with Crippen LogP contribution in [0.2, 0.25) is 0 Å². The molecule has 1 aliphatic rings. The number of likely N-dealkylation sites (tertiary alicyclic amines) is 1. The molecule has 0 atom stereocenters. The van der Waals surface area contributed by atoms with Crippen LogP contribution in [0.5, 0.6) is 0 Å². The lowest BCUT2D eigenvalue weighted by molar-refractivity contribution is -0.122. The summed E-state index contributed by atoms with van der Waals surface area (Å²) >= 11 is 0. The predicted molar refractivity (Wildman–Crippen MR) is 55.9 cm³/mol. The van der Waals surface area contributed by atoms with Crippen molar-refractivity contribution < 1.29 is 13.6 Å². The zero-order valence-corrected chi connectivity index (χ0v) is 8.88. The van der Waals surface area contributed by atoms with Gasteiger partial charge in [0.05, 0.1) is 6.54 Å². The highest BCUT2D eigenvalue weighted by atomic mass is 19.2. The Labute approximate surface area is 92.9 Å². The first-order valence-corrected chi connectivity index (χ1v) is 5.34. The highest BCUT2D eigenvalue weighted by Crippen LogP contribution is 2.15. The molecule has 1 fully saturated rings. The summed E-state index contributed by atoms with van der Waals surface area (Å²) in [7, 11) is 0. The van der Waals surface area contributed by atoms with Gasteiger partial charge in [-0.1, -0.05) is 12.1 Å². The minimum Gasteiger partial charge on any atom is -0.298 e. The van der Waals surface area contributed by atoms with E-state index in [0.29, 0.717) is 25.1 Å². The van der Waals surface area contributed by atoms with E-state index in [1.807, 2.05) is 4.90 Å². The second-order valence-corrected chi connectivity index (χ2v) is 4.07. The van der Waals surface area contributed by atoms with Crippen LogP contribution in [0, 0.1) is 11.6 Å². The monoisotopic (exact) mass is 225 g/mol. The molecule has 0 saturated carbocycles. The number of halogens is 2. The fourth-order valence-corrected chi connectivity index (χ4v) is 1.95. The average Bonchev–Trinajstić information content (AvgIpc) is 2.25. The number of piperidine rings is 1. The zero-order chi connectivity index (χ0) is 11.5. The maximum atomic E-state index is 13.4. The Morgan fingerprint density at radius 1 is 1.31 bits per heavy atom. The summed E-state index contributed by atoms with van der Waals surface area (Å²) in [5.74, 6) is -1.47. The summed E-state index contributed by atoms with van der Waals surface area (Å²) in [6.07, 6.45) is 1.40. The third kappa shape index (κ3) is 2.44. The van der Waals surface area contributed by atoms with Gasteiger partial charge in [-0.05, 0) is 19.0 Å².